The van der Waals surface area contributed by atoms with E-state index in [0.29, 0.717) is 136 Å². The summed E-state index contributed by atoms with van der Waals surface area (Å²) in [6.45, 7) is 4.51. The van der Waals surface area contributed by atoms with E-state index in [1.54, 1.807) is 70.5 Å². The van der Waals surface area contributed by atoms with Crippen LogP contribution in [0.15, 0.2) is 253 Å². The van der Waals surface area contributed by atoms with Gasteiger partial charge in [-0.3, -0.25) is 19.6 Å². The number of hydrogen-bond donors (Lipinski definition) is 2. The normalized spacial score (nSPS) is 14.5. The van der Waals surface area contributed by atoms with Crippen molar-refractivity contribution in [3.8, 4) is 45.3 Å². The van der Waals surface area contributed by atoms with Crippen molar-refractivity contribution < 1.29 is 48.2 Å². The van der Waals surface area contributed by atoms with Crippen LogP contribution in [0.5, 0.6) is 23.0 Å². The minimum absolute atomic E-state index is 0.129. The molecule has 2 heterocycles. The summed E-state index contributed by atoms with van der Waals surface area (Å²) in [6.07, 6.45) is 0.672. The molecule has 2 aliphatic heterocycles. The van der Waals surface area contributed by atoms with E-state index >= 15 is 0 Å². The largest absolute Gasteiger partial charge is 0.508 e. The number of carbonyl (C=O) groups excluding carboxylic acids is 2. The first-order valence-electron chi connectivity index (χ1n) is 32.1. The number of hydrogen-bond acceptors (Lipinski definition) is 12. The minimum atomic E-state index is -0.771. The van der Waals surface area contributed by atoms with Crippen molar-refractivity contribution in [1.29, 1.82) is 0 Å². The summed E-state index contributed by atoms with van der Waals surface area (Å²) in [5, 5.41) is 21.4. The number of rotatable bonds is 29. The fourth-order valence-corrected chi connectivity index (χ4v) is 12.0. The molecule has 16 heteroatoms. The van der Waals surface area contributed by atoms with Gasteiger partial charge in [0.05, 0.1) is 88.7 Å². The highest BCUT2D eigenvalue weighted by Crippen LogP contribution is 2.37. The molecule has 0 aliphatic carbocycles. The molecule has 12 rings (SSSR count). The second-order valence-corrected chi connectivity index (χ2v) is 24.1. The maximum atomic E-state index is 14.8. The van der Waals surface area contributed by atoms with Gasteiger partial charge >= 0.3 is 0 Å². The molecule has 10 aromatic carbocycles. The number of phenols is 2. The molecule has 0 unspecified atom stereocenters. The van der Waals surface area contributed by atoms with Crippen molar-refractivity contribution in [2.75, 3.05) is 75.9 Å². The van der Waals surface area contributed by atoms with Gasteiger partial charge in [-0.25, -0.2) is 0 Å². The van der Waals surface area contributed by atoms with Crippen LogP contribution in [0, 0.1) is 0 Å². The van der Waals surface area contributed by atoms with Gasteiger partial charge in [0, 0.05) is 45.1 Å². The third-order valence-corrected chi connectivity index (χ3v) is 17.0. The van der Waals surface area contributed by atoms with E-state index in [1.165, 1.54) is 0 Å². The Morgan fingerprint density at radius 3 is 1.01 bits per heavy atom. The fraction of sp³-hybridized carbons (Fsp3) is 0.200. The van der Waals surface area contributed by atoms with Gasteiger partial charge in [0.2, 0.25) is 0 Å². The number of benzodiazepines with no additional fused rings is 2. The molecule has 0 saturated carbocycles. The molecule has 0 spiro atoms. The lowest BCUT2D eigenvalue weighted by Crippen LogP contribution is -2.38. The van der Waals surface area contributed by atoms with E-state index in [4.69, 9.17) is 61.6 Å². The van der Waals surface area contributed by atoms with Crippen LogP contribution in [-0.2, 0) is 54.5 Å². The van der Waals surface area contributed by atoms with Crippen molar-refractivity contribution in [1.82, 2.24) is 0 Å². The Kier molecular flexibility index (Phi) is 22.4. The van der Waals surface area contributed by atoms with Crippen LogP contribution in [-0.4, -0.2) is 112 Å². The van der Waals surface area contributed by atoms with Gasteiger partial charge in [-0.1, -0.05) is 157 Å². The monoisotopic (exact) mass is 1320 g/mol. The lowest BCUT2D eigenvalue weighted by atomic mass is 9.99. The van der Waals surface area contributed by atoms with Crippen molar-refractivity contribution in [3.05, 3.63) is 297 Å². The van der Waals surface area contributed by atoms with Crippen LogP contribution < -0.4 is 19.3 Å². The molecule has 2 N–H and O–H groups in total. The van der Waals surface area contributed by atoms with Gasteiger partial charge in [0.1, 0.15) is 48.3 Å². The number of carbonyl (C=O) groups is 2. The first-order chi connectivity index (χ1) is 47.0. The molecule has 2 aliphatic rings. The van der Waals surface area contributed by atoms with E-state index in [0.717, 1.165) is 66.8 Å². The van der Waals surface area contributed by atoms with E-state index in [2.05, 4.69) is 72.8 Å². The zero-order valence-electron chi connectivity index (χ0n) is 52.9. The van der Waals surface area contributed by atoms with Crippen molar-refractivity contribution in [2.24, 2.45) is 9.98 Å². The van der Waals surface area contributed by atoms with Crippen LogP contribution in [0.2, 0.25) is 10.0 Å². The summed E-state index contributed by atoms with van der Waals surface area (Å²) in [4.78, 5) is 43.6. The second-order valence-electron chi connectivity index (χ2n) is 23.2. The zero-order valence-corrected chi connectivity index (χ0v) is 54.4. The molecule has 0 saturated heterocycles. The van der Waals surface area contributed by atoms with Gasteiger partial charge in [-0.2, -0.15) is 0 Å². The Bertz CT molecular complexity index is 4000. The van der Waals surface area contributed by atoms with E-state index < -0.39 is 12.1 Å². The second kappa shape index (κ2) is 32.5. The third-order valence-electron chi connectivity index (χ3n) is 16.6. The molecular weight excluding hydrogens is 1250 g/mol. The van der Waals surface area contributed by atoms with Crippen molar-refractivity contribution >= 4 is 57.8 Å². The molecule has 0 fully saturated rings. The molecule has 2 atom stereocenters. The molecule has 14 nitrogen and oxygen atoms in total. The molecule has 486 valence electrons. The summed E-state index contributed by atoms with van der Waals surface area (Å²) in [7, 11) is 0. The number of fused-ring (bicyclic) bond motifs is 2. The molecular formula is C80H72Cl2N4O10. The number of aromatic hydroxyl groups is 2. The Morgan fingerprint density at radius 1 is 0.344 bits per heavy atom. The number of amides is 2. The first kappa shape index (κ1) is 66.1. The first-order valence-corrected chi connectivity index (χ1v) is 32.8. The maximum absolute atomic E-state index is 14.8. The number of ether oxygens (including phenoxy) is 6. The zero-order chi connectivity index (χ0) is 66.0. The van der Waals surface area contributed by atoms with Crippen LogP contribution in [0.1, 0.15) is 44.5 Å². The van der Waals surface area contributed by atoms with Gasteiger partial charge in [0.15, 0.2) is 0 Å². The van der Waals surface area contributed by atoms with Crippen LogP contribution in [0.4, 0.5) is 11.4 Å². The van der Waals surface area contributed by atoms with Crippen LogP contribution in [0.25, 0.3) is 22.3 Å². The summed E-state index contributed by atoms with van der Waals surface area (Å²) in [6, 6.07) is 75.5. The lowest BCUT2D eigenvalue weighted by molar-refractivity contribution is -0.120. The van der Waals surface area contributed by atoms with Crippen LogP contribution >= 0.6 is 23.2 Å². The summed E-state index contributed by atoms with van der Waals surface area (Å²) in [5.41, 5.74) is 13.7. The Labute approximate surface area is 569 Å². The maximum Gasteiger partial charge on any atom is 0.252 e. The Hall–Kier alpha value is -9.90. The number of aliphatic imine (C=N–C) groups is 2. The summed E-state index contributed by atoms with van der Waals surface area (Å²) >= 11 is 13.3. The SMILES string of the molecule is O=C1[C@H](Cc2ccc(OCCOCCOCCOCCOCCOc3ccc(C[C@H]4N=C(c5ccc(O)cc5)c5cc(Cl)ccc5N(Cc5ccc(-c6ccccc6)cc5)C4=O)cc3)cc2)N=C(c2ccc(O)cc2)c2cc(Cl)ccc2N1Cc1ccc(-c2ccccc2)cc1. The van der Waals surface area contributed by atoms with E-state index in [1.807, 2.05) is 109 Å². The smallest absolute Gasteiger partial charge is 0.252 e. The molecule has 0 bridgehead atoms. The van der Waals surface area contributed by atoms with Gasteiger partial charge in [-0.15, -0.1) is 0 Å². The predicted molar refractivity (Wildman–Crippen MR) is 379 cm³/mol. The highest BCUT2D eigenvalue weighted by Gasteiger charge is 2.35. The number of nitrogens with zero attached hydrogens (tertiary/aromatic N) is 4. The summed E-state index contributed by atoms with van der Waals surface area (Å²) in [5.74, 6) is 1.31. The topological polar surface area (TPSA) is 161 Å². The number of phenolic OH excluding ortho intramolecular Hbond substituents is 2. The van der Waals surface area contributed by atoms with Crippen LogP contribution in [0.3, 0.4) is 0 Å². The van der Waals surface area contributed by atoms with E-state index in [9.17, 15) is 19.8 Å². The molecule has 10 aromatic rings. The highest BCUT2D eigenvalue weighted by molar-refractivity contribution is 6.32. The molecule has 0 radical (unpaired) electrons. The number of anilines is 2. The Morgan fingerprint density at radius 2 is 0.656 bits per heavy atom. The molecule has 96 heavy (non-hydrogen) atoms. The third kappa shape index (κ3) is 17.3. The van der Waals surface area contributed by atoms with Gasteiger partial charge in [0.25, 0.3) is 11.8 Å². The lowest BCUT2D eigenvalue weighted by Gasteiger charge is -2.26. The fourth-order valence-electron chi connectivity index (χ4n) is 11.6. The van der Waals surface area contributed by atoms with Crippen molar-refractivity contribution in [3.63, 3.8) is 0 Å². The quantitative estimate of drug-likeness (QED) is 0.0432. The average molecular weight is 1320 g/mol. The van der Waals surface area contributed by atoms with Crippen molar-refractivity contribution in [2.45, 2.75) is 38.0 Å². The summed E-state index contributed by atoms with van der Waals surface area (Å²) < 4.78 is 34.9. The van der Waals surface area contributed by atoms with Gasteiger partial charge in [-0.05, 0) is 154 Å². The predicted octanol–water partition coefficient (Wildman–Crippen LogP) is 15.3. The average Bonchev–Trinajstić information content (AvgIpc) is 1.61. The van der Waals surface area contributed by atoms with Gasteiger partial charge < -0.3 is 48.4 Å². The molecule has 0 aromatic heterocycles. The minimum Gasteiger partial charge on any atom is -0.508 e. The standard InChI is InChI=1S/C80H72Cl2N4O10/c81-65-27-37-75-71(51-65)77(63-23-29-67(87)30-24-63)83-73(79(89)85(75)53-57-11-19-61(20-12-57)59-7-3-1-4-8-59)49-55-15-33-69(34-16-55)95-47-45-93-43-41-91-39-40-92-42-44-94-46-48-96-70-35-17-56(18-36-70)50-74-80(90)86(54-58-13-21-62(22-14-58)60-9-5-2-6-10-60)76-38-28-66(82)52-72(76)78(84-74)64-25-31-68(88)32-26-64/h1-38,51-52,73-74,87-88H,39-50,53-54H2/t73-,74+. The number of benzene rings is 10. The number of halogens is 2. The highest BCUT2D eigenvalue weighted by atomic mass is 35.5. The Balaban J connectivity index is 0.548. The van der Waals surface area contributed by atoms with E-state index in [-0.39, 0.29) is 23.3 Å². The molecule has 2 amide bonds.